The third-order valence-corrected chi connectivity index (χ3v) is 3.87. The Labute approximate surface area is 86.4 Å². The molecule has 0 radical (unpaired) electrons. The predicted octanol–water partition coefficient (Wildman–Crippen LogP) is 2.53. The van der Waals surface area contributed by atoms with Crippen LogP contribution in [0.5, 0.6) is 0 Å². The molecule has 0 heterocycles. The summed E-state index contributed by atoms with van der Waals surface area (Å²) in [6.45, 7) is 7.52. The van der Waals surface area contributed by atoms with Gasteiger partial charge < -0.3 is 4.89 Å². The highest BCUT2D eigenvalue weighted by Crippen LogP contribution is 2.42. The quantitative estimate of drug-likeness (QED) is 0.700. The van der Waals surface area contributed by atoms with Crippen LogP contribution in [0.25, 0.3) is 0 Å². The van der Waals surface area contributed by atoms with Crippen LogP contribution in [0.2, 0.25) is 0 Å². The van der Waals surface area contributed by atoms with Gasteiger partial charge in [-0.15, -0.1) is 0 Å². The van der Waals surface area contributed by atoms with Crippen molar-refractivity contribution in [1.82, 2.24) is 0 Å². The molecule has 1 N–H and O–H groups in total. The molecule has 0 aliphatic rings. The molecule has 0 rings (SSSR count). The van der Waals surface area contributed by atoms with E-state index in [0.29, 0.717) is 12.3 Å². The van der Waals surface area contributed by atoms with Gasteiger partial charge in [0.15, 0.2) is 0 Å². The Morgan fingerprint density at radius 1 is 1.29 bits per heavy atom. The summed E-state index contributed by atoms with van der Waals surface area (Å²) in [4.78, 5) is 20.8. The Kier molecular flexibility index (Phi) is 5.61. The zero-order chi connectivity index (χ0) is 11.4. The first-order valence-electron chi connectivity index (χ1n) is 5.08. The van der Waals surface area contributed by atoms with Gasteiger partial charge in [-0.2, -0.15) is 0 Å². The second-order valence-electron chi connectivity index (χ2n) is 4.53. The molecule has 0 amide bonds. The van der Waals surface area contributed by atoms with E-state index in [1.165, 1.54) is 0 Å². The first-order chi connectivity index (χ1) is 6.24. The molecule has 3 nitrogen and oxygen atoms in total. The van der Waals surface area contributed by atoms with E-state index < -0.39 is 7.37 Å². The number of Topliss-reactive ketones (excluding diaryl/α,β-unsaturated/α-hetero) is 1. The normalized spacial score (nSPS) is 15.9. The van der Waals surface area contributed by atoms with Gasteiger partial charge in [0.1, 0.15) is 5.78 Å². The Hall–Kier alpha value is -0.140. The highest BCUT2D eigenvalue weighted by atomic mass is 31.2. The topological polar surface area (TPSA) is 54.4 Å². The summed E-state index contributed by atoms with van der Waals surface area (Å²) in [5.74, 6) is 0.152. The Bertz CT molecular complexity index is 234. The summed E-state index contributed by atoms with van der Waals surface area (Å²) in [5.41, 5.74) is 0. The zero-order valence-electron chi connectivity index (χ0n) is 9.49. The molecule has 1 unspecified atom stereocenters. The Morgan fingerprint density at radius 2 is 1.79 bits per heavy atom. The molecule has 0 aromatic heterocycles. The van der Waals surface area contributed by atoms with E-state index >= 15 is 0 Å². The number of ketones is 1. The number of rotatable bonds is 6. The molecule has 0 aromatic carbocycles. The van der Waals surface area contributed by atoms with Crippen molar-refractivity contribution >= 4 is 13.2 Å². The molecule has 84 valence electrons. The Morgan fingerprint density at radius 3 is 2.14 bits per heavy atom. The molecule has 0 saturated carbocycles. The summed E-state index contributed by atoms with van der Waals surface area (Å²) in [6.07, 6.45) is 0.819. The number of hydrogen-bond donors (Lipinski definition) is 1. The van der Waals surface area contributed by atoms with Crippen molar-refractivity contribution in [3.63, 3.8) is 0 Å². The lowest BCUT2D eigenvalue weighted by molar-refractivity contribution is -0.119. The number of carbonyl (C=O) groups is 1. The predicted molar refractivity (Wildman–Crippen MR) is 58.9 cm³/mol. The van der Waals surface area contributed by atoms with Crippen LogP contribution in [0.4, 0.5) is 0 Å². The van der Waals surface area contributed by atoms with Gasteiger partial charge >= 0.3 is 0 Å². The standard InChI is InChI=1S/C10H21O3P/c1-8(2)5-6-14(12,13)7-10(11)9(3)4/h8-9H,5-7H2,1-4H3,(H,12,13). The van der Waals surface area contributed by atoms with E-state index in [0.717, 1.165) is 0 Å². The minimum Gasteiger partial charge on any atom is -0.344 e. The minimum absolute atomic E-state index is 0.111. The van der Waals surface area contributed by atoms with Crippen LogP contribution in [0.15, 0.2) is 0 Å². The maximum absolute atomic E-state index is 11.6. The lowest BCUT2D eigenvalue weighted by Gasteiger charge is -2.13. The monoisotopic (exact) mass is 220 g/mol. The van der Waals surface area contributed by atoms with Crippen LogP contribution in [0.1, 0.15) is 34.1 Å². The summed E-state index contributed by atoms with van der Waals surface area (Å²) in [5, 5.41) is 0. The molecule has 0 bridgehead atoms. The van der Waals surface area contributed by atoms with Crippen molar-refractivity contribution in [2.45, 2.75) is 34.1 Å². The van der Waals surface area contributed by atoms with Crippen molar-refractivity contribution in [2.24, 2.45) is 11.8 Å². The summed E-state index contributed by atoms with van der Waals surface area (Å²) < 4.78 is 11.6. The fourth-order valence-corrected chi connectivity index (χ4v) is 2.90. The lowest BCUT2D eigenvalue weighted by atomic mass is 10.1. The molecule has 4 heteroatoms. The molecule has 0 spiro atoms. The largest absolute Gasteiger partial charge is 0.344 e. The van der Waals surface area contributed by atoms with E-state index in [4.69, 9.17) is 0 Å². The molecule has 14 heavy (non-hydrogen) atoms. The van der Waals surface area contributed by atoms with Gasteiger partial charge in [0.2, 0.25) is 7.37 Å². The highest BCUT2D eigenvalue weighted by Gasteiger charge is 2.23. The number of carbonyl (C=O) groups excluding carboxylic acids is 1. The second-order valence-corrected chi connectivity index (χ2v) is 6.99. The zero-order valence-corrected chi connectivity index (χ0v) is 10.4. The third kappa shape index (κ3) is 6.33. The van der Waals surface area contributed by atoms with Crippen molar-refractivity contribution < 1.29 is 14.3 Å². The van der Waals surface area contributed by atoms with Gasteiger partial charge in [-0.25, -0.2) is 0 Å². The number of hydrogen-bond acceptors (Lipinski definition) is 2. The molecular weight excluding hydrogens is 199 g/mol. The van der Waals surface area contributed by atoms with Crippen molar-refractivity contribution in [3.8, 4) is 0 Å². The molecule has 0 saturated heterocycles. The van der Waals surface area contributed by atoms with Crippen molar-refractivity contribution in [2.75, 3.05) is 12.3 Å². The van der Waals surface area contributed by atoms with Crippen LogP contribution in [-0.2, 0) is 9.36 Å². The molecule has 1 atom stereocenters. The van der Waals surface area contributed by atoms with Crippen LogP contribution >= 0.6 is 7.37 Å². The fourth-order valence-electron chi connectivity index (χ4n) is 0.965. The average Bonchev–Trinajstić information content (AvgIpc) is 2.00. The smallest absolute Gasteiger partial charge is 0.207 e. The van der Waals surface area contributed by atoms with Crippen LogP contribution in [0.3, 0.4) is 0 Å². The van der Waals surface area contributed by atoms with Gasteiger partial charge in [0.05, 0.1) is 6.16 Å². The molecule has 0 aromatic rings. The van der Waals surface area contributed by atoms with Crippen molar-refractivity contribution in [3.05, 3.63) is 0 Å². The summed E-state index contributed by atoms with van der Waals surface area (Å²) in [6, 6.07) is 0. The van der Waals surface area contributed by atoms with Crippen LogP contribution < -0.4 is 0 Å². The van der Waals surface area contributed by atoms with Gasteiger partial charge in [-0.3, -0.25) is 9.36 Å². The van der Waals surface area contributed by atoms with Gasteiger partial charge in [-0.1, -0.05) is 27.7 Å². The highest BCUT2D eigenvalue weighted by molar-refractivity contribution is 7.58. The SMILES string of the molecule is CC(C)CCP(=O)(O)CC(=O)C(C)C. The third-order valence-electron chi connectivity index (χ3n) is 2.10. The lowest BCUT2D eigenvalue weighted by Crippen LogP contribution is -2.14. The molecule has 0 aliphatic carbocycles. The molecular formula is C10H21O3P. The van der Waals surface area contributed by atoms with Crippen LogP contribution in [0, 0.1) is 11.8 Å². The van der Waals surface area contributed by atoms with Gasteiger partial charge in [0.25, 0.3) is 0 Å². The fraction of sp³-hybridized carbons (Fsp3) is 0.900. The Balaban J connectivity index is 4.08. The van der Waals surface area contributed by atoms with Gasteiger partial charge in [-0.05, 0) is 12.3 Å². The first kappa shape index (κ1) is 13.9. The maximum Gasteiger partial charge on any atom is 0.207 e. The molecule has 0 aliphatic heterocycles. The summed E-state index contributed by atoms with van der Waals surface area (Å²) >= 11 is 0. The first-order valence-corrected chi connectivity index (χ1v) is 7.11. The van der Waals surface area contributed by atoms with E-state index in [1.54, 1.807) is 13.8 Å². The average molecular weight is 220 g/mol. The van der Waals surface area contributed by atoms with E-state index in [-0.39, 0.29) is 24.0 Å². The minimum atomic E-state index is -3.21. The maximum atomic E-state index is 11.6. The van der Waals surface area contributed by atoms with Gasteiger partial charge in [0, 0.05) is 12.1 Å². The van der Waals surface area contributed by atoms with E-state index in [9.17, 15) is 14.3 Å². The van der Waals surface area contributed by atoms with E-state index in [1.807, 2.05) is 13.8 Å². The van der Waals surface area contributed by atoms with Crippen molar-refractivity contribution in [1.29, 1.82) is 0 Å². The van der Waals surface area contributed by atoms with Crippen LogP contribution in [-0.4, -0.2) is 23.0 Å². The van der Waals surface area contributed by atoms with E-state index in [2.05, 4.69) is 0 Å². The second kappa shape index (κ2) is 5.67. The summed E-state index contributed by atoms with van der Waals surface area (Å²) in [7, 11) is -3.21. The molecule has 0 fully saturated rings.